The molecule has 0 spiro atoms. The monoisotopic (exact) mass is 244 g/mol. The van der Waals surface area contributed by atoms with Gasteiger partial charge in [-0.05, 0) is 33.6 Å². The molecule has 0 aliphatic rings. The van der Waals surface area contributed by atoms with Gasteiger partial charge in [0.05, 0.1) is 16.7 Å². The minimum absolute atomic E-state index is 0.346. The van der Waals surface area contributed by atoms with Crippen LogP contribution >= 0.6 is 27.5 Å². The Bertz CT molecular complexity index is 344. The quantitative estimate of drug-likeness (QED) is 0.826. The molecule has 12 heavy (non-hydrogen) atoms. The third kappa shape index (κ3) is 1.78. The number of rotatable bonds is 1. The van der Waals surface area contributed by atoms with E-state index in [0.29, 0.717) is 17.1 Å². The van der Waals surface area contributed by atoms with Crippen molar-refractivity contribution in [3.63, 3.8) is 0 Å². The average molecular weight is 246 g/mol. The van der Waals surface area contributed by atoms with Crippen molar-refractivity contribution in [2.24, 2.45) is 5.73 Å². The SMILES string of the molecule is N#Cc1cc(Cl)c(Br)cc1CN. The number of benzene rings is 1. The zero-order chi connectivity index (χ0) is 9.14. The summed E-state index contributed by atoms with van der Waals surface area (Å²) in [6, 6.07) is 5.40. The first-order chi connectivity index (χ1) is 5.69. The zero-order valence-corrected chi connectivity index (χ0v) is 8.48. The lowest BCUT2D eigenvalue weighted by atomic mass is 10.1. The zero-order valence-electron chi connectivity index (χ0n) is 6.14. The molecule has 0 heterocycles. The highest BCUT2D eigenvalue weighted by Crippen LogP contribution is 2.25. The second-order valence-corrected chi connectivity index (χ2v) is 3.50. The number of nitriles is 1. The second kappa shape index (κ2) is 3.90. The Morgan fingerprint density at radius 1 is 1.58 bits per heavy atom. The van der Waals surface area contributed by atoms with Gasteiger partial charge in [0.1, 0.15) is 0 Å². The first-order valence-corrected chi connectivity index (χ1v) is 4.44. The number of hydrogen-bond donors (Lipinski definition) is 1. The van der Waals surface area contributed by atoms with Gasteiger partial charge in [-0.15, -0.1) is 0 Å². The molecule has 0 amide bonds. The van der Waals surface area contributed by atoms with Crippen LogP contribution in [0.4, 0.5) is 0 Å². The van der Waals surface area contributed by atoms with Gasteiger partial charge < -0.3 is 5.73 Å². The van der Waals surface area contributed by atoms with Crippen LogP contribution in [0.2, 0.25) is 5.02 Å². The van der Waals surface area contributed by atoms with E-state index < -0.39 is 0 Å². The first kappa shape index (κ1) is 9.53. The van der Waals surface area contributed by atoms with Crippen molar-refractivity contribution in [1.29, 1.82) is 5.26 Å². The molecular weight excluding hydrogens is 239 g/mol. The fraction of sp³-hybridized carbons (Fsp3) is 0.125. The first-order valence-electron chi connectivity index (χ1n) is 3.27. The number of hydrogen-bond acceptors (Lipinski definition) is 2. The molecule has 1 aromatic carbocycles. The van der Waals surface area contributed by atoms with E-state index in [9.17, 15) is 0 Å². The number of nitrogens with zero attached hydrogens (tertiary/aromatic N) is 1. The van der Waals surface area contributed by atoms with E-state index >= 15 is 0 Å². The van der Waals surface area contributed by atoms with E-state index in [4.69, 9.17) is 22.6 Å². The van der Waals surface area contributed by atoms with Gasteiger partial charge in [0, 0.05) is 11.0 Å². The third-order valence-corrected chi connectivity index (χ3v) is 2.68. The Morgan fingerprint density at radius 2 is 2.25 bits per heavy atom. The molecule has 0 bridgehead atoms. The highest BCUT2D eigenvalue weighted by atomic mass is 79.9. The summed E-state index contributed by atoms with van der Waals surface area (Å²) in [5, 5.41) is 9.22. The van der Waals surface area contributed by atoms with Crippen molar-refractivity contribution < 1.29 is 0 Å². The minimum Gasteiger partial charge on any atom is -0.326 e. The van der Waals surface area contributed by atoms with Crippen LogP contribution in [-0.2, 0) is 6.54 Å². The van der Waals surface area contributed by atoms with E-state index in [0.717, 1.165) is 10.0 Å². The molecule has 0 atom stereocenters. The number of halogens is 2. The van der Waals surface area contributed by atoms with Gasteiger partial charge in [0.15, 0.2) is 0 Å². The topological polar surface area (TPSA) is 49.8 Å². The van der Waals surface area contributed by atoms with Crippen LogP contribution in [0, 0.1) is 11.3 Å². The van der Waals surface area contributed by atoms with Crippen molar-refractivity contribution in [3.05, 3.63) is 32.8 Å². The van der Waals surface area contributed by atoms with Gasteiger partial charge in [-0.2, -0.15) is 5.26 Å². The van der Waals surface area contributed by atoms with Crippen LogP contribution in [0.15, 0.2) is 16.6 Å². The van der Waals surface area contributed by atoms with Crippen LogP contribution < -0.4 is 5.73 Å². The predicted octanol–water partition coefficient (Wildman–Crippen LogP) is 2.43. The molecule has 0 saturated heterocycles. The van der Waals surface area contributed by atoms with Gasteiger partial charge >= 0.3 is 0 Å². The van der Waals surface area contributed by atoms with Crippen molar-refractivity contribution in [1.82, 2.24) is 0 Å². The van der Waals surface area contributed by atoms with E-state index in [1.807, 2.05) is 6.07 Å². The maximum atomic E-state index is 8.69. The summed E-state index contributed by atoms with van der Waals surface area (Å²) in [6.45, 7) is 0.346. The van der Waals surface area contributed by atoms with Crippen LogP contribution in [0.5, 0.6) is 0 Å². The summed E-state index contributed by atoms with van der Waals surface area (Å²) in [5.74, 6) is 0. The van der Waals surface area contributed by atoms with E-state index in [-0.39, 0.29) is 0 Å². The molecular formula is C8H6BrClN2. The summed E-state index contributed by atoms with van der Waals surface area (Å²) in [7, 11) is 0. The molecule has 2 N–H and O–H groups in total. The molecule has 0 fully saturated rings. The highest BCUT2D eigenvalue weighted by molar-refractivity contribution is 9.10. The lowest BCUT2D eigenvalue weighted by Crippen LogP contribution is -1.99. The van der Waals surface area contributed by atoms with Crippen LogP contribution in [0.25, 0.3) is 0 Å². The molecule has 0 unspecified atom stereocenters. The van der Waals surface area contributed by atoms with Crippen LogP contribution in [-0.4, -0.2) is 0 Å². The van der Waals surface area contributed by atoms with Crippen molar-refractivity contribution in [2.45, 2.75) is 6.54 Å². The molecule has 0 aromatic heterocycles. The average Bonchev–Trinajstić information content (AvgIpc) is 2.09. The normalized spacial score (nSPS) is 9.50. The summed E-state index contributed by atoms with van der Waals surface area (Å²) in [4.78, 5) is 0. The van der Waals surface area contributed by atoms with Crippen LogP contribution in [0.3, 0.4) is 0 Å². The Labute approximate surface area is 84.1 Å². The summed E-state index contributed by atoms with van der Waals surface area (Å²) in [6.07, 6.45) is 0. The van der Waals surface area contributed by atoms with E-state index in [2.05, 4.69) is 15.9 Å². The molecule has 62 valence electrons. The van der Waals surface area contributed by atoms with Crippen LogP contribution in [0.1, 0.15) is 11.1 Å². The lowest BCUT2D eigenvalue weighted by Gasteiger charge is -2.02. The fourth-order valence-electron chi connectivity index (χ4n) is 0.861. The van der Waals surface area contributed by atoms with E-state index in [1.54, 1.807) is 12.1 Å². The van der Waals surface area contributed by atoms with Crippen molar-refractivity contribution >= 4 is 27.5 Å². The molecule has 0 aliphatic heterocycles. The van der Waals surface area contributed by atoms with Gasteiger partial charge in [-0.25, -0.2) is 0 Å². The second-order valence-electron chi connectivity index (χ2n) is 2.24. The van der Waals surface area contributed by atoms with Gasteiger partial charge in [-0.3, -0.25) is 0 Å². The Morgan fingerprint density at radius 3 is 2.75 bits per heavy atom. The minimum atomic E-state index is 0.346. The number of nitrogens with two attached hydrogens (primary N) is 1. The molecule has 1 rings (SSSR count). The van der Waals surface area contributed by atoms with Crippen molar-refractivity contribution in [2.75, 3.05) is 0 Å². The maximum absolute atomic E-state index is 8.69. The standard InChI is InChI=1S/C8H6BrClN2/c9-7-1-5(3-11)6(4-12)2-8(7)10/h1-2H,3,11H2. The van der Waals surface area contributed by atoms with Gasteiger partial charge in [0.25, 0.3) is 0 Å². The highest BCUT2D eigenvalue weighted by Gasteiger charge is 2.04. The smallest absolute Gasteiger partial charge is 0.0995 e. The maximum Gasteiger partial charge on any atom is 0.0995 e. The Balaban J connectivity index is 3.31. The summed E-state index contributed by atoms with van der Waals surface area (Å²) < 4.78 is 0.767. The van der Waals surface area contributed by atoms with E-state index in [1.165, 1.54) is 0 Å². The largest absolute Gasteiger partial charge is 0.326 e. The Kier molecular flexibility index (Phi) is 3.10. The predicted molar refractivity (Wildman–Crippen MR) is 51.8 cm³/mol. The Hall–Kier alpha value is -0.560. The molecule has 0 radical (unpaired) electrons. The molecule has 4 heteroatoms. The van der Waals surface area contributed by atoms with Gasteiger partial charge in [0.2, 0.25) is 0 Å². The van der Waals surface area contributed by atoms with Gasteiger partial charge in [-0.1, -0.05) is 11.6 Å². The molecule has 2 nitrogen and oxygen atoms in total. The molecule has 0 saturated carbocycles. The third-order valence-electron chi connectivity index (χ3n) is 1.49. The fourth-order valence-corrected chi connectivity index (χ4v) is 1.42. The lowest BCUT2D eigenvalue weighted by molar-refractivity contribution is 1.06. The van der Waals surface area contributed by atoms with Crippen molar-refractivity contribution in [3.8, 4) is 6.07 Å². The summed E-state index contributed by atoms with van der Waals surface area (Å²) >= 11 is 9.04. The summed E-state index contributed by atoms with van der Waals surface area (Å²) in [5.41, 5.74) is 6.76. The molecule has 1 aromatic rings. The molecule has 0 aliphatic carbocycles.